The van der Waals surface area contributed by atoms with E-state index in [-0.39, 0.29) is 10.8 Å². The average molecular weight is 596 g/mol. The summed E-state index contributed by atoms with van der Waals surface area (Å²) in [4.78, 5) is 2.56. The maximum atomic E-state index is 2.56. The van der Waals surface area contributed by atoms with Crippen LogP contribution in [-0.2, 0) is 10.8 Å². The maximum Gasteiger partial charge on any atom is 0.209 e. The third kappa shape index (κ3) is 5.47. The summed E-state index contributed by atoms with van der Waals surface area (Å²) in [6.07, 6.45) is 15.4. The van der Waals surface area contributed by atoms with Crippen molar-refractivity contribution < 1.29 is 4.58 Å². The van der Waals surface area contributed by atoms with Crippen LogP contribution in [0.4, 0.5) is 11.4 Å². The van der Waals surface area contributed by atoms with Crippen LogP contribution in [0.2, 0.25) is 0 Å². The first kappa shape index (κ1) is 31.1. The minimum Gasteiger partial charge on any atom is -0.344 e. The van der Waals surface area contributed by atoms with Crippen molar-refractivity contribution in [3.05, 3.63) is 136 Å². The first-order valence-corrected chi connectivity index (χ1v) is 17.2. The Bertz CT molecular complexity index is 1750. The Kier molecular flexibility index (Phi) is 8.61. The highest BCUT2D eigenvalue weighted by molar-refractivity contribution is 6.03. The van der Waals surface area contributed by atoms with Crippen molar-refractivity contribution in [1.29, 1.82) is 0 Å². The summed E-state index contributed by atoms with van der Waals surface area (Å²) in [5.41, 5.74) is 15.4. The van der Waals surface area contributed by atoms with Crippen LogP contribution in [0.25, 0.3) is 5.57 Å². The van der Waals surface area contributed by atoms with Gasteiger partial charge in [-0.05, 0) is 92.0 Å². The number of aryl methyl sites for hydroxylation is 1. The second kappa shape index (κ2) is 12.5. The minimum absolute atomic E-state index is 0.0325. The van der Waals surface area contributed by atoms with Gasteiger partial charge < -0.3 is 4.90 Å². The maximum absolute atomic E-state index is 2.56. The third-order valence-electron chi connectivity index (χ3n) is 10.3. The summed E-state index contributed by atoms with van der Waals surface area (Å²) in [5, 5.41) is 0. The zero-order chi connectivity index (χ0) is 31.8. The van der Waals surface area contributed by atoms with Gasteiger partial charge in [0.15, 0.2) is 5.71 Å². The molecule has 0 aromatic heterocycles. The van der Waals surface area contributed by atoms with Gasteiger partial charge in [0.1, 0.15) is 6.54 Å². The molecule has 0 N–H and O–H groups in total. The van der Waals surface area contributed by atoms with E-state index in [1.165, 1.54) is 68.2 Å². The van der Waals surface area contributed by atoms with E-state index in [0.29, 0.717) is 0 Å². The molecule has 1 aliphatic carbocycles. The molecule has 232 valence electrons. The molecule has 2 nitrogen and oxygen atoms in total. The Balaban J connectivity index is 1.48. The monoisotopic (exact) mass is 595 g/mol. The zero-order valence-corrected chi connectivity index (χ0v) is 28.6. The van der Waals surface area contributed by atoms with Gasteiger partial charge in [-0.25, -0.2) is 0 Å². The molecule has 6 rings (SSSR count). The van der Waals surface area contributed by atoms with Gasteiger partial charge in [-0.2, -0.15) is 4.58 Å². The number of fused-ring (bicyclic) bond motifs is 2. The van der Waals surface area contributed by atoms with Crippen molar-refractivity contribution >= 4 is 22.7 Å². The second-order valence-corrected chi connectivity index (χ2v) is 14.1. The largest absolute Gasteiger partial charge is 0.344 e. The standard InChI is InChI=1S/C43H51N2/c1-8-29-44-37-23-14-12-21-35(37)42(4,5)39(44)27-25-32-18-16-19-33(41(32)34-20-11-10-17-31(34)3)26-28-40-43(6,7)36-22-13-15-24-38(36)45(40)30-9-2/h10-15,17,20-28H,8-9,16,18-19,29-30H2,1-7H3/q+1. The van der Waals surface area contributed by atoms with E-state index in [2.05, 4.69) is 155 Å². The van der Waals surface area contributed by atoms with Crippen LogP contribution >= 0.6 is 0 Å². The van der Waals surface area contributed by atoms with Crippen LogP contribution in [0.3, 0.4) is 0 Å². The highest BCUT2D eigenvalue weighted by atomic mass is 15.2. The molecule has 3 aromatic rings. The molecule has 0 radical (unpaired) electrons. The molecule has 0 saturated heterocycles. The Morgan fingerprint density at radius 3 is 2.22 bits per heavy atom. The molecule has 0 bridgehead atoms. The van der Waals surface area contributed by atoms with Gasteiger partial charge in [0, 0.05) is 47.5 Å². The van der Waals surface area contributed by atoms with E-state index in [1.54, 1.807) is 0 Å². The van der Waals surface area contributed by atoms with Crippen LogP contribution in [0, 0.1) is 6.92 Å². The summed E-state index contributed by atoms with van der Waals surface area (Å²) in [5.74, 6) is 0. The number of allylic oxidation sites excluding steroid dienone is 8. The van der Waals surface area contributed by atoms with E-state index in [4.69, 9.17) is 0 Å². The molecule has 0 atom stereocenters. The molecule has 2 heterocycles. The second-order valence-electron chi connectivity index (χ2n) is 14.1. The third-order valence-corrected chi connectivity index (χ3v) is 10.3. The lowest BCUT2D eigenvalue weighted by molar-refractivity contribution is -0.437. The van der Waals surface area contributed by atoms with E-state index in [9.17, 15) is 0 Å². The molecule has 0 spiro atoms. The Morgan fingerprint density at radius 1 is 0.756 bits per heavy atom. The first-order chi connectivity index (χ1) is 21.7. The molecular weight excluding hydrogens is 544 g/mol. The lowest BCUT2D eigenvalue weighted by Crippen LogP contribution is -2.28. The molecule has 0 saturated carbocycles. The summed E-state index contributed by atoms with van der Waals surface area (Å²) in [6.45, 7) is 18.5. The molecule has 0 amide bonds. The molecular formula is C43H51N2+. The molecule has 3 aliphatic rings. The average Bonchev–Trinajstić information content (AvgIpc) is 3.38. The molecule has 2 aliphatic heterocycles. The summed E-state index contributed by atoms with van der Waals surface area (Å²) in [7, 11) is 0. The number of para-hydroxylation sites is 2. The summed E-state index contributed by atoms with van der Waals surface area (Å²) >= 11 is 0. The van der Waals surface area contributed by atoms with Crippen LogP contribution < -0.4 is 4.90 Å². The van der Waals surface area contributed by atoms with Gasteiger partial charge in [-0.15, -0.1) is 0 Å². The fourth-order valence-corrected chi connectivity index (χ4v) is 8.03. The number of hydrogen-bond acceptors (Lipinski definition) is 1. The highest BCUT2D eigenvalue weighted by Crippen LogP contribution is 2.48. The predicted octanol–water partition coefficient (Wildman–Crippen LogP) is 11.0. The van der Waals surface area contributed by atoms with E-state index in [0.717, 1.165) is 38.8 Å². The Morgan fingerprint density at radius 2 is 1.47 bits per heavy atom. The molecule has 3 aromatic carbocycles. The van der Waals surface area contributed by atoms with E-state index < -0.39 is 0 Å². The minimum atomic E-state index is -0.0325. The first-order valence-electron chi connectivity index (χ1n) is 17.2. The van der Waals surface area contributed by atoms with Crippen molar-refractivity contribution in [2.45, 2.75) is 91.4 Å². The number of anilines is 1. The fraction of sp³-hybridized carbons (Fsp3) is 0.372. The number of benzene rings is 3. The Labute approximate surface area is 272 Å². The van der Waals surface area contributed by atoms with Crippen molar-refractivity contribution in [2.24, 2.45) is 0 Å². The van der Waals surface area contributed by atoms with Gasteiger partial charge in [-0.3, -0.25) is 0 Å². The van der Waals surface area contributed by atoms with Crippen LogP contribution in [0.5, 0.6) is 0 Å². The summed E-state index contributed by atoms with van der Waals surface area (Å²) < 4.78 is 2.56. The normalized spacial score (nSPS) is 20.6. The van der Waals surface area contributed by atoms with Crippen molar-refractivity contribution in [3.63, 3.8) is 0 Å². The molecule has 45 heavy (non-hydrogen) atoms. The quantitative estimate of drug-likeness (QED) is 0.235. The lowest BCUT2D eigenvalue weighted by atomic mass is 9.79. The van der Waals surface area contributed by atoms with Crippen LogP contribution in [0.15, 0.2) is 114 Å². The molecule has 2 heteroatoms. The van der Waals surface area contributed by atoms with Crippen LogP contribution in [0.1, 0.15) is 95.9 Å². The number of rotatable bonds is 8. The predicted molar refractivity (Wildman–Crippen MR) is 194 cm³/mol. The Hall–Kier alpha value is -3.91. The molecule has 0 unspecified atom stereocenters. The highest BCUT2D eigenvalue weighted by Gasteiger charge is 2.44. The number of nitrogens with zero attached hydrogens (tertiary/aromatic N) is 2. The lowest BCUT2D eigenvalue weighted by Gasteiger charge is -2.27. The smallest absolute Gasteiger partial charge is 0.209 e. The van der Waals surface area contributed by atoms with E-state index in [1.807, 2.05) is 0 Å². The zero-order valence-electron chi connectivity index (χ0n) is 28.6. The van der Waals surface area contributed by atoms with Gasteiger partial charge in [0.2, 0.25) is 5.69 Å². The SMILES string of the molecule is CCCN1C(=CC=C2CCCC(C=CC3=[N+](CCC)c4ccccc4C3(C)C)=C2c2ccccc2C)C(C)(C)c2ccccc21. The summed E-state index contributed by atoms with van der Waals surface area (Å²) in [6, 6.07) is 26.9. The molecule has 0 fully saturated rings. The van der Waals surface area contributed by atoms with Crippen molar-refractivity contribution in [3.8, 4) is 0 Å². The van der Waals surface area contributed by atoms with Crippen molar-refractivity contribution in [1.82, 2.24) is 0 Å². The van der Waals surface area contributed by atoms with Crippen LogP contribution in [-0.4, -0.2) is 23.4 Å². The topological polar surface area (TPSA) is 6.25 Å². The van der Waals surface area contributed by atoms with E-state index >= 15 is 0 Å². The van der Waals surface area contributed by atoms with Gasteiger partial charge in [-0.1, -0.05) is 101 Å². The van der Waals surface area contributed by atoms with Crippen molar-refractivity contribution in [2.75, 3.05) is 18.0 Å². The van der Waals surface area contributed by atoms with Gasteiger partial charge in [0.25, 0.3) is 0 Å². The van der Waals surface area contributed by atoms with Gasteiger partial charge in [0.05, 0.1) is 5.41 Å². The fourth-order valence-electron chi connectivity index (χ4n) is 8.03. The van der Waals surface area contributed by atoms with Gasteiger partial charge >= 0.3 is 0 Å². The number of hydrogen-bond donors (Lipinski definition) is 0.